The zero-order valence-electron chi connectivity index (χ0n) is 11.8. The molecule has 0 radical (unpaired) electrons. The van der Waals surface area contributed by atoms with E-state index in [0.717, 1.165) is 22.3 Å². The van der Waals surface area contributed by atoms with Gasteiger partial charge in [0, 0.05) is 39.8 Å². The number of thioether (sulfide) groups is 1. The number of aromatic nitrogens is 2. The molecular formula is C15H20BrN3S. The second-order valence-corrected chi connectivity index (χ2v) is 7.00. The number of nitrogens with two attached hydrogens (primary N) is 1. The lowest BCUT2D eigenvalue weighted by atomic mass is 10.2. The number of hydrogen-bond donors (Lipinski definition) is 1. The summed E-state index contributed by atoms with van der Waals surface area (Å²) in [5.41, 5.74) is 7.27. The van der Waals surface area contributed by atoms with Crippen LogP contribution in [0, 0.1) is 0 Å². The number of nitrogens with zero attached hydrogens (tertiary/aromatic N) is 2. The predicted molar refractivity (Wildman–Crippen MR) is 89.2 cm³/mol. The molecule has 0 aliphatic carbocycles. The van der Waals surface area contributed by atoms with Crippen molar-refractivity contribution < 1.29 is 0 Å². The fourth-order valence-corrected chi connectivity index (χ4v) is 3.38. The van der Waals surface area contributed by atoms with E-state index in [1.54, 1.807) is 11.8 Å². The molecule has 0 fully saturated rings. The largest absolute Gasteiger partial charge is 0.327 e. The Morgan fingerprint density at radius 2 is 2.05 bits per heavy atom. The van der Waals surface area contributed by atoms with Crippen LogP contribution in [0.15, 0.2) is 45.9 Å². The SMILES string of the molecule is CC(C)n1ccc(CC(N)CSc2ccccc2Br)n1. The maximum absolute atomic E-state index is 6.20. The average molecular weight is 354 g/mol. The van der Waals surface area contributed by atoms with Crippen molar-refractivity contribution in [1.82, 2.24) is 9.78 Å². The van der Waals surface area contributed by atoms with Gasteiger partial charge in [0.1, 0.15) is 0 Å². The van der Waals surface area contributed by atoms with E-state index in [-0.39, 0.29) is 6.04 Å². The fraction of sp³-hybridized carbons (Fsp3) is 0.400. The molecule has 0 spiro atoms. The van der Waals surface area contributed by atoms with E-state index >= 15 is 0 Å². The van der Waals surface area contributed by atoms with Gasteiger partial charge in [0.25, 0.3) is 0 Å². The van der Waals surface area contributed by atoms with Crippen LogP contribution in [-0.4, -0.2) is 21.6 Å². The first kappa shape index (κ1) is 15.6. The number of rotatable bonds is 6. The molecule has 2 aromatic rings. The number of halogens is 1. The topological polar surface area (TPSA) is 43.8 Å². The highest BCUT2D eigenvalue weighted by atomic mass is 79.9. The highest BCUT2D eigenvalue weighted by Gasteiger charge is 2.09. The Morgan fingerprint density at radius 1 is 1.30 bits per heavy atom. The zero-order chi connectivity index (χ0) is 14.5. The molecule has 2 rings (SSSR count). The summed E-state index contributed by atoms with van der Waals surface area (Å²) in [6.07, 6.45) is 2.84. The quantitative estimate of drug-likeness (QED) is 0.801. The molecule has 1 heterocycles. The fourth-order valence-electron chi connectivity index (χ4n) is 1.86. The highest BCUT2D eigenvalue weighted by Crippen LogP contribution is 2.27. The molecule has 20 heavy (non-hydrogen) atoms. The van der Waals surface area contributed by atoms with Crippen molar-refractivity contribution in [3.63, 3.8) is 0 Å². The van der Waals surface area contributed by atoms with Crippen molar-refractivity contribution in [2.75, 3.05) is 5.75 Å². The first-order valence-corrected chi connectivity index (χ1v) is 8.51. The van der Waals surface area contributed by atoms with Gasteiger partial charge in [0.2, 0.25) is 0 Å². The Labute approximate surface area is 133 Å². The third-order valence-corrected chi connectivity index (χ3v) is 5.17. The Morgan fingerprint density at radius 3 is 2.70 bits per heavy atom. The summed E-state index contributed by atoms with van der Waals surface area (Å²) in [5, 5.41) is 4.54. The highest BCUT2D eigenvalue weighted by molar-refractivity contribution is 9.10. The maximum Gasteiger partial charge on any atom is 0.0640 e. The van der Waals surface area contributed by atoms with E-state index in [4.69, 9.17) is 5.73 Å². The second kappa shape index (κ2) is 7.29. The van der Waals surface area contributed by atoms with E-state index < -0.39 is 0 Å². The number of benzene rings is 1. The molecule has 0 bridgehead atoms. The molecule has 2 N–H and O–H groups in total. The van der Waals surface area contributed by atoms with Gasteiger partial charge < -0.3 is 5.73 Å². The lowest BCUT2D eigenvalue weighted by Gasteiger charge is -2.11. The maximum atomic E-state index is 6.20. The van der Waals surface area contributed by atoms with Crippen LogP contribution in [0.25, 0.3) is 0 Å². The van der Waals surface area contributed by atoms with Crippen molar-refractivity contribution >= 4 is 27.7 Å². The molecule has 3 nitrogen and oxygen atoms in total. The van der Waals surface area contributed by atoms with Gasteiger partial charge in [-0.05, 0) is 48.0 Å². The summed E-state index contributed by atoms with van der Waals surface area (Å²) in [7, 11) is 0. The minimum absolute atomic E-state index is 0.114. The van der Waals surface area contributed by atoms with E-state index in [2.05, 4.69) is 53.1 Å². The van der Waals surface area contributed by atoms with Crippen LogP contribution in [0.2, 0.25) is 0 Å². The molecule has 1 aromatic heterocycles. The third-order valence-electron chi connectivity index (χ3n) is 2.95. The second-order valence-electron chi connectivity index (χ2n) is 5.09. The van der Waals surface area contributed by atoms with Crippen molar-refractivity contribution in [3.8, 4) is 0 Å². The van der Waals surface area contributed by atoms with Crippen LogP contribution in [0.3, 0.4) is 0 Å². The van der Waals surface area contributed by atoms with Gasteiger partial charge in [-0.15, -0.1) is 11.8 Å². The molecule has 0 amide bonds. The molecule has 0 aliphatic heterocycles. The molecule has 0 aliphatic rings. The summed E-state index contributed by atoms with van der Waals surface area (Å²) in [6, 6.07) is 10.8. The summed E-state index contributed by atoms with van der Waals surface area (Å²) in [4.78, 5) is 1.23. The lowest BCUT2D eigenvalue weighted by Crippen LogP contribution is -2.25. The van der Waals surface area contributed by atoms with Gasteiger partial charge in [0.05, 0.1) is 5.69 Å². The Balaban J connectivity index is 1.86. The van der Waals surface area contributed by atoms with Crippen molar-refractivity contribution in [3.05, 3.63) is 46.7 Å². The predicted octanol–water partition coefficient (Wildman–Crippen LogP) is 3.89. The molecule has 108 valence electrons. The van der Waals surface area contributed by atoms with E-state index in [9.17, 15) is 0 Å². The van der Waals surface area contributed by atoms with Crippen molar-refractivity contribution in [2.24, 2.45) is 5.73 Å². The average Bonchev–Trinajstić information content (AvgIpc) is 2.86. The molecule has 5 heteroatoms. The minimum Gasteiger partial charge on any atom is -0.327 e. The minimum atomic E-state index is 0.114. The molecule has 1 unspecified atom stereocenters. The molecule has 1 atom stereocenters. The summed E-state index contributed by atoms with van der Waals surface area (Å²) >= 11 is 5.34. The van der Waals surface area contributed by atoms with Gasteiger partial charge in [0.15, 0.2) is 0 Å². The van der Waals surface area contributed by atoms with Gasteiger partial charge >= 0.3 is 0 Å². The van der Waals surface area contributed by atoms with Crippen molar-refractivity contribution in [1.29, 1.82) is 0 Å². The summed E-state index contributed by atoms with van der Waals surface area (Å²) in [6.45, 7) is 4.25. The lowest BCUT2D eigenvalue weighted by molar-refractivity contribution is 0.523. The van der Waals surface area contributed by atoms with Crippen LogP contribution in [0.4, 0.5) is 0 Å². The number of hydrogen-bond acceptors (Lipinski definition) is 3. The first-order chi connectivity index (χ1) is 9.56. The van der Waals surface area contributed by atoms with Crippen LogP contribution >= 0.6 is 27.7 Å². The zero-order valence-corrected chi connectivity index (χ0v) is 14.2. The van der Waals surface area contributed by atoms with Gasteiger partial charge in [-0.1, -0.05) is 12.1 Å². The van der Waals surface area contributed by atoms with Gasteiger partial charge in [-0.2, -0.15) is 5.10 Å². The van der Waals surface area contributed by atoms with Crippen LogP contribution < -0.4 is 5.73 Å². The van der Waals surface area contributed by atoms with Crippen LogP contribution in [0.5, 0.6) is 0 Å². The molecule has 0 saturated carbocycles. The molecule has 0 saturated heterocycles. The smallest absolute Gasteiger partial charge is 0.0640 e. The first-order valence-electron chi connectivity index (χ1n) is 6.73. The summed E-state index contributed by atoms with van der Waals surface area (Å²) in [5.74, 6) is 0.886. The van der Waals surface area contributed by atoms with E-state index in [1.807, 2.05) is 23.0 Å². The summed E-state index contributed by atoms with van der Waals surface area (Å²) < 4.78 is 3.10. The van der Waals surface area contributed by atoms with Crippen LogP contribution in [-0.2, 0) is 6.42 Å². The Hall–Kier alpha value is -0.780. The van der Waals surface area contributed by atoms with Crippen LogP contribution in [0.1, 0.15) is 25.6 Å². The molecular weight excluding hydrogens is 334 g/mol. The molecule has 1 aromatic carbocycles. The monoisotopic (exact) mass is 353 g/mol. The van der Waals surface area contributed by atoms with Gasteiger partial charge in [-0.25, -0.2) is 0 Å². The Bertz CT molecular complexity index is 554. The van der Waals surface area contributed by atoms with E-state index in [0.29, 0.717) is 6.04 Å². The third kappa shape index (κ3) is 4.36. The standard InChI is InChI=1S/C15H20BrN3S/c1-11(2)19-8-7-13(18-19)9-12(17)10-20-15-6-4-3-5-14(15)16/h3-8,11-12H,9-10,17H2,1-2H3. The normalized spacial score (nSPS) is 12.8. The van der Waals surface area contributed by atoms with Gasteiger partial charge in [-0.3, -0.25) is 4.68 Å². The van der Waals surface area contributed by atoms with Crippen molar-refractivity contribution in [2.45, 2.75) is 37.2 Å². The van der Waals surface area contributed by atoms with E-state index in [1.165, 1.54) is 4.90 Å². The Kier molecular flexibility index (Phi) is 5.69.